The Hall–Kier alpha value is -0.570. The molecule has 0 bridgehead atoms. The molecule has 3 heteroatoms. The van der Waals surface area contributed by atoms with Crippen LogP contribution in [-0.4, -0.2) is 37.0 Å². The second kappa shape index (κ2) is 2.48. The molecular formula is C8H14N2O. The predicted octanol–water partition coefficient (Wildman–Crippen LogP) is -0.173. The maximum absolute atomic E-state index is 11.2. The zero-order chi connectivity index (χ0) is 7.84. The molecule has 0 aromatic heterocycles. The van der Waals surface area contributed by atoms with E-state index in [1.54, 1.807) is 0 Å². The SMILES string of the molecule is CN1C(=O)C[C@H]2CNCC[C@@H]21. The fourth-order valence-electron chi connectivity index (χ4n) is 2.18. The number of piperidine rings is 1. The third-order valence-electron chi connectivity index (χ3n) is 2.90. The zero-order valence-electron chi connectivity index (χ0n) is 6.84. The van der Waals surface area contributed by atoms with Crippen LogP contribution in [-0.2, 0) is 4.79 Å². The molecule has 62 valence electrons. The first kappa shape index (κ1) is 7.10. The van der Waals surface area contributed by atoms with Gasteiger partial charge in [-0.1, -0.05) is 0 Å². The number of rotatable bonds is 0. The summed E-state index contributed by atoms with van der Waals surface area (Å²) in [5.41, 5.74) is 0. The fraction of sp³-hybridized carbons (Fsp3) is 0.875. The lowest BCUT2D eigenvalue weighted by Crippen LogP contribution is -2.42. The first-order valence-corrected chi connectivity index (χ1v) is 4.25. The van der Waals surface area contributed by atoms with E-state index in [0.29, 0.717) is 17.9 Å². The first-order valence-electron chi connectivity index (χ1n) is 4.25. The molecule has 2 fully saturated rings. The third kappa shape index (κ3) is 1.03. The lowest BCUT2D eigenvalue weighted by molar-refractivity contribution is -0.127. The molecule has 2 aliphatic heterocycles. The molecule has 2 aliphatic rings. The van der Waals surface area contributed by atoms with Crippen molar-refractivity contribution in [3.05, 3.63) is 0 Å². The molecule has 0 spiro atoms. The van der Waals surface area contributed by atoms with Gasteiger partial charge in [0.2, 0.25) is 5.91 Å². The Balaban J connectivity index is 2.11. The smallest absolute Gasteiger partial charge is 0.222 e. The minimum atomic E-state index is 0.323. The number of carbonyl (C=O) groups is 1. The standard InChI is InChI=1S/C8H14N2O/c1-10-7-2-3-9-5-6(7)4-8(10)11/h6-7,9H,2-5H2,1H3/t6-,7-/m0/s1. The predicted molar refractivity (Wildman–Crippen MR) is 42.2 cm³/mol. The van der Waals surface area contributed by atoms with Crippen LogP contribution < -0.4 is 5.32 Å². The molecule has 2 saturated heterocycles. The van der Waals surface area contributed by atoms with E-state index in [1.165, 1.54) is 0 Å². The van der Waals surface area contributed by atoms with Gasteiger partial charge in [0.15, 0.2) is 0 Å². The van der Waals surface area contributed by atoms with Crippen LogP contribution >= 0.6 is 0 Å². The average Bonchev–Trinajstić information content (AvgIpc) is 2.30. The number of amides is 1. The molecule has 11 heavy (non-hydrogen) atoms. The summed E-state index contributed by atoms with van der Waals surface area (Å²) in [5.74, 6) is 0.907. The van der Waals surface area contributed by atoms with Gasteiger partial charge in [-0.2, -0.15) is 0 Å². The summed E-state index contributed by atoms with van der Waals surface area (Å²) in [6.07, 6.45) is 1.89. The summed E-state index contributed by atoms with van der Waals surface area (Å²) in [6.45, 7) is 2.10. The van der Waals surface area contributed by atoms with Crippen molar-refractivity contribution in [2.24, 2.45) is 5.92 Å². The van der Waals surface area contributed by atoms with E-state index in [9.17, 15) is 4.79 Å². The molecule has 0 aromatic carbocycles. The third-order valence-corrected chi connectivity index (χ3v) is 2.90. The number of nitrogens with zero attached hydrogens (tertiary/aromatic N) is 1. The highest BCUT2D eigenvalue weighted by atomic mass is 16.2. The summed E-state index contributed by atoms with van der Waals surface area (Å²) in [5, 5.41) is 3.32. The van der Waals surface area contributed by atoms with Crippen LogP contribution in [0.1, 0.15) is 12.8 Å². The van der Waals surface area contributed by atoms with Crippen molar-refractivity contribution in [2.45, 2.75) is 18.9 Å². The van der Waals surface area contributed by atoms with E-state index in [4.69, 9.17) is 0 Å². The van der Waals surface area contributed by atoms with Crippen molar-refractivity contribution < 1.29 is 4.79 Å². The van der Waals surface area contributed by atoms with Crippen LogP contribution in [0.4, 0.5) is 0 Å². The normalized spacial score (nSPS) is 37.5. The largest absolute Gasteiger partial charge is 0.342 e. The van der Waals surface area contributed by atoms with Gasteiger partial charge in [0, 0.05) is 32.0 Å². The average molecular weight is 154 g/mol. The van der Waals surface area contributed by atoms with Crippen LogP contribution in [0.5, 0.6) is 0 Å². The molecule has 3 nitrogen and oxygen atoms in total. The van der Waals surface area contributed by atoms with Crippen molar-refractivity contribution in [3.8, 4) is 0 Å². The fourth-order valence-corrected chi connectivity index (χ4v) is 2.18. The molecule has 2 heterocycles. The van der Waals surface area contributed by atoms with Crippen LogP contribution in [0.25, 0.3) is 0 Å². The maximum atomic E-state index is 11.2. The Labute approximate surface area is 66.8 Å². The summed E-state index contributed by atoms with van der Waals surface area (Å²) >= 11 is 0. The van der Waals surface area contributed by atoms with Crippen LogP contribution in [0, 0.1) is 5.92 Å². The minimum Gasteiger partial charge on any atom is -0.342 e. The van der Waals surface area contributed by atoms with Crippen molar-refractivity contribution in [1.82, 2.24) is 10.2 Å². The van der Waals surface area contributed by atoms with Gasteiger partial charge in [0.05, 0.1) is 0 Å². The van der Waals surface area contributed by atoms with Crippen LogP contribution in [0.2, 0.25) is 0 Å². The molecule has 2 atom stereocenters. The summed E-state index contributed by atoms with van der Waals surface area (Å²) in [4.78, 5) is 13.2. The van der Waals surface area contributed by atoms with Gasteiger partial charge >= 0.3 is 0 Å². The highest BCUT2D eigenvalue weighted by Crippen LogP contribution is 2.27. The number of likely N-dealkylation sites (tertiary alicyclic amines) is 1. The van der Waals surface area contributed by atoms with E-state index < -0.39 is 0 Å². The molecule has 2 rings (SSSR count). The number of fused-ring (bicyclic) bond motifs is 1. The monoisotopic (exact) mass is 154 g/mol. The van der Waals surface area contributed by atoms with Crippen molar-refractivity contribution in [2.75, 3.05) is 20.1 Å². The van der Waals surface area contributed by atoms with Gasteiger partial charge in [-0.15, -0.1) is 0 Å². The zero-order valence-corrected chi connectivity index (χ0v) is 6.84. The van der Waals surface area contributed by atoms with E-state index in [0.717, 1.165) is 25.9 Å². The van der Waals surface area contributed by atoms with Gasteiger partial charge in [0.25, 0.3) is 0 Å². The van der Waals surface area contributed by atoms with E-state index in [-0.39, 0.29) is 0 Å². The molecule has 1 N–H and O–H groups in total. The first-order chi connectivity index (χ1) is 5.29. The van der Waals surface area contributed by atoms with E-state index >= 15 is 0 Å². The lowest BCUT2D eigenvalue weighted by atomic mass is 9.94. The van der Waals surface area contributed by atoms with Crippen molar-refractivity contribution in [1.29, 1.82) is 0 Å². The van der Waals surface area contributed by atoms with Crippen LogP contribution in [0.3, 0.4) is 0 Å². The quantitative estimate of drug-likeness (QED) is 0.525. The number of hydrogen-bond donors (Lipinski definition) is 1. The molecule has 0 unspecified atom stereocenters. The lowest BCUT2D eigenvalue weighted by Gasteiger charge is -2.29. The van der Waals surface area contributed by atoms with Crippen LogP contribution in [0.15, 0.2) is 0 Å². The Morgan fingerprint density at radius 3 is 3.18 bits per heavy atom. The van der Waals surface area contributed by atoms with E-state index in [1.807, 2.05) is 11.9 Å². The summed E-state index contributed by atoms with van der Waals surface area (Å²) < 4.78 is 0. The maximum Gasteiger partial charge on any atom is 0.222 e. The number of nitrogens with one attached hydrogen (secondary N) is 1. The Morgan fingerprint density at radius 1 is 1.64 bits per heavy atom. The number of carbonyl (C=O) groups excluding carboxylic acids is 1. The van der Waals surface area contributed by atoms with Gasteiger partial charge in [0.1, 0.15) is 0 Å². The topological polar surface area (TPSA) is 32.3 Å². The molecule has 0 aliphatic carbocycles. The summed E-state index contributed by atoms with van der Waals surface area (Å²) in [6, 6.07) is 0.531. The van der Waals surface area contributed by atoms with Crippen molar-refractivity contribution >= 4 is 5.91 Å². The summed E-state index contributed by atoms with van der Waals surface area (Å²) in [7, 11) is 1.93. The number of hydrogen-bond acceptors (Lipinski definition) is 2. The molecule has 0 saturated carbocycles. The second-order valence-corrected chi connectivity index (χ2v) is 3.53. The minimum absolute atomic E-state index is 0.323. The second-order valence-electron chi connectivity index (χ2n) is 3.53. The van der Waals surface area contributed by atoms with Gasteiger partial charge in [-0.05, 0) is 13.0 Å². The Bertz CT molecular complexity index is 181. The van der Waals surface area contributed by atoms with Gasteiger partial charge in [-0.3, -0.25) is 4.79 Å². The Kier molecular flexibility index (Phi) is 1.60. The van der Waals surface area contributed by atoms with Gasteiger partial charge < -0.3 is 10.2 Å². The molecule has 1 amide bonds. The molecule has 0 aromatic rings. The molecular weight excluding hydrogens is 140 g/mol. The Morgan fingerprint density at radius 2 is 2.45 bits per heavy atom. The highest BCUT2D eigenvalue weighted by molar-refractivity contribution is 5.79. The van der Waals surface area contributed by atoms with Crippen molar-refractivity contribution in [3.63, 3.8) is 0 Å². The van der Waals surface area contributed by atoms with Gasteiger partial charge in [-0.25, -0.2) is 0 Å². The molecule has 0 radical (unpaired) electrons. The highest BCUT2D eigenvalue weighted by Gasteiger charge is 2.38. The van der Waals surface area contributed by atoms with E-state index in [2.05, 4.69) is 5.32 Å².